The molecule has 1 atom stereocenters. The third-order valence-corrected chi connectivity index (χ3v) is 10.1. The van der Waals surface area contributed by atoms with Crippen molar-refractivity contribution >= 4 is 43.5 Å². The minimum atomic E-state index is -4.10. The number of rotatable bonds is 11. The molecule has 224 valence electrons. The predicted octanol–water partition coefficient (Wildman–Crippen LogP) is 6.52. The minimum absolute atomic E-state index is 0.0935. The molecular weight excluding hydrogens is 614 g/mol. The lowest BCUT2D eigenvalue weighted by Gasteiger charge is -2.34. The van der Waals surface area contributed by atoms with Gasteiger partial charge in [-0.15, -0.1) is 0 Å². The lowest BCUT2D eigenvalue weighted by atomic mass is 9.95. The van der Waals surface area contributed by atoms with Crippen molar-refractivity contribution in [3.63, 3.8) is 0 Å². The lowest BCUT2D eigenvalue weighted by Crippen LogP contribution is -2.54. The van der Waals surface area contributed by atoms with Gasteiger partial charge in [0.2, 0.25) is 11.8 Å². The normalized spacial score (nSPS) is 14.7. The molecule has 0 spiro atoms. The van der Waals surface area contributed by atoms with Gasteiger partial charge in [0.25, 0.3) is 10.0 Å². The monoisotopic (exact) mass is 653 g/mol. The molecule has 0 radical (unpaired) electrons. The molecule has 0 heterocycles. The van der Waals surface area contributed by atoms with Crippen molar-refractivity contribution < 1.29 is 18.0 Å². The summed E-state index contributed by atoms with van der Waals surface area (Å²) in [6, 6.07) is 20.6. The van der Waals surface area contributed by atoms with Crippen molar-refractivity contribution in [2.45, 2.75) is 82.8 Å². The Kier molecular flexibility index (Phi) is 10.8. The summed E-state index contributed by atoms with van der Waals surface area (Å²) in [5.74, 6) is -0.638. The molecule has 1 saturated carbocycles. The van der Waals surface area contributed by atoms with Crippen LogP contribution < -0.4 is 9.62 Å². The molecule has 3 aromatic rings. The molecule has 3 aromatic carbocycles. The molecule has 1 aliphatic rings. The molecule has 1 fully saturated rings. The van der Waals surface area contributed by atoms with Crippen LogP contribution in [-0.2, 0) is 26.2 Å². The van der Waals surface area contributed by atoms with Crippen molar-refractivity contribution in [1.82, 2.24) is 10.2 Å². The van der Waals surface area contributed by atoms with Gasteiger partial charge in [-0.1, -0.05) is 89.6 Å². The smallest absolute Gasteiger partial charge is 0.264 e. The highest BCUT2D eigenvalue weighted by molar-refractivity contribution is 9.10. The van der Waals surface area contributed by atoms with Gasteiger partial charge in [0.05, 0.1) is 10.6 Å². The van der Waals surface area contributed by atoms with Gasteiger partial charge in [0, 0.05) is 17.1 Å². The van der Waals surface area contributed by atoms with Crippen molar-refractivity contribution in [3.8, 4) is 0 Å². The fourth-order valence-corrected chi connectivity index (χ4v) is 7.01. The number of carbonyl (C=O) groups excluding carboxylic acids is 2. The summed E-state index contributed by atoms with van der Waals surface area (Å²) < 4.78 is 29.9. The van der Waals surface area contributed by atoms with Crippen LogP contribution in [0.15, 0.2) is 82.2 Å². The number of carbonyl (C=O) groups is 2. The highest BCUT2D eigenvalue weighted by atomic mass is 79.9. The van der Waals surface area contributed by atoms with E-state index in [2.05, 4.69) is 21.2 Å². The van der Waals surface area contributed by atoms with E-state index >= 15 is 0 Å². The Balaban J connectivity index is 1.69. The summed E-state index contributed by atoms with van der Waals surface area (Å²) >= 11 is 3.41. The van der Waals surface area contributed by atoms with E-state index in [9.17, 15) is 18.0 Å². The zero-order valence-corrected chi connectivity index (χ0v) is 27.0. The number of aryl methyl sites for hydroxylation is 2. The summed E-state index contributed by atoms with van der Waals surface area (Å²) in [4.78, 5) is 29.5. The first kappa shape index (κ1) is 31.8. The van der Waals surface area contributed by atoms with Crippen molar-refractivity contribution in [2.75, 3.05) is 10.8 Å². The summed E-state index contributed by atoms with van der Waals surface area (Å²) in [5.41, 5.74) is 3.25. The predicted molar refractivity (Wildman–Crippen MR) is 171 cm³/mol. The molecular formula is C33H40BrN3O4S. The zero-order valence-electron chi connectivity index (χ0n) is 24.6. The Morgan fingerprint density at radius 3 is 2.02 bits per heavy atom. The van der Waals surface area contributed by atoms with Crippen molar-refractivity contribution in [2.24, 2.45) is 0 Å². The molecule has 1 aliphatic carbocycles. The molecule has 1 unspecified atom stereocenters. The maximum absolute atomic E-state index is 14.2. The number of hydrogen-bond acceptors (Lipinski definition) is 4. The van der Waals surface area contributed by atoms with Gasteiger partial charge >= 0.3 is 0 Å². The minimum Gasteiger partial charge on any atom is -0.352 e. The van der Waals surface area contributed by atoms with Gasteiger partial charge in [0.1, 0.15) is 12.6 Å². The van der Waals surface area contributed by atoms with E-state index in [1.807, 2.05) is 45.0 Å². The van der Waals surface area contributed by atoms with Gasteiger partial charge in [0.15, 0.2) is 0 Å². The molecule has 0 aliphatic heterocycles. The van der Waals surface area contributed by atoms with Crippen LogP contribution in [0.1, 0.15) is 62.1 Å². The van der Waals surface area contributed by atoms with E-state index in [1.54, 1.807) is 53.4 Å². The molecule has 0 bridgehead atoms. The van der Waals surface area contributed by atoms with Crippen LogP contribution in [0.4, 0.5) is 5.69 Å². The topological polar surface area (TPSA) is 86.8 Å². The van der Waals surface area contributed by atoms with Crippen LogP contribution in [0, 0.1) is 13.8 Å². The fourth-order valence-electron chi connectivity index (χ4n) is 5.33. The Bertz CT molecular complexity index is 1450. The Morgan fingerprint density at radius 1 is 0.881 bits per heavy atom. The first-order valence-electron chi connectivity index (χ1n) is 14.6. The Labute approximate surface area is 258 Å². The van der Waals surface area contributed by atoms with Crippen LogP contribution in [0.2, 0.25) is 0 Å². The van der Waals surface area contributed by atoms with E-state index < -0.39 is 28.5 Å². The van der Waals surface area contributed by atoms with Gasteiger partial charge in [-0.2, -0.15) is 0 Å². The number of benzene rings is 3. The molecule has 4 rings (SSSR count). The highest BCUT2D eigenvalue weighted by Gasteiger charge is 2.34. The Morgan fingerprint density at radius 2 is 1.45 bits per heavy atom. The van der Waals surface area contributed by atoms with E-state index in [0.717, 1.165) is 51.2 Å². The average molecular weight is 655 g/mol. The van der Waals surface area contributed by atoms with Gasteiger partial charge < -0.3 is 10.2 Å². The molecule has 1 N–H and O–H groups in total. The first-order chi connectivity index (χ1) is 20.1. The SMILES string of the molecule is CCC(C(=O)NC1CCCCC1)N(Cc1ccc(C)cc1)C(=O)CN(c1ccc(Br)cc1)S(=O)(=O)c1ccc(C)cc1. The third kappa shape index (κ3) is 8.01. The van der Waals surface area contributed by atoms with Crippen LogP contribution in [0.25, 0.3) is 0 Å². The van der Waals surface area contributed by atoms with E-state index in [-0.39, 0.29) is 23.4 Å². The largest absolute Gasteiger partial charge is 0.352 e. The Hall–Kier alpha value is -3.17. The van der Waals surface area contributed by atoms with Gasteiger partial charge in [-0.05, 0) is 75.1 Å². The van der Waals surface area contributed by atoms with Gasteiger partial charge in [-0.25, -0.2) is 8.42 Å². The fraction of sp³-hybridized carbons (Fsp3) is 0.394. The van der Waals surface area contributed by atoms with Crippen LogP contribution in [0.3, 0.4) is 0 Å². The summed E-state index contributed by atoms with van der Waals surface area (Å²) in [5, 5.41) is 3.18. The quantitative estimate of drug-likeness (QED) is 0.255. The van der Waals surface area contributed by atoms with Crippen molar-refractivity contribution in [1.29, 1.82) is 0 Å². The molecule has 42 heavy (non-hydrogen) atoms. The van der Waals surface area contributed by atoms with Crippen LogP contribution in [0.5, 0.6) is 0 Å². The van der Waals surface area contributed by atoms with Gasteiger partial charge in [-0.3, -0.25) is 13.9 Å². The standard InChI is InChI=1S/C33H40BrN3O4S/c1-4-31(33(39)35-28-8-6-5-7-9-28)36(22-26-14-10-24(2)11-15-26)32(38)23-37(29-18-16-27(34)17-19-29)42(40,41)30-20-12-25(3)13-21-30/h10-21,28,31H,4-9,22-23H2,1-3H3,(H,35,39). The van der Waals surface area contributed by atoms with E-state index in [1.165, 1.54) is 6.42 Å². The molecule has 0 aromatic heterocycles. The number of amides is 2. The molecule has 2 amide bonds. The summed E-state index contributed by atoms with van der Waals surface area (Å²) in [7, 11) is -4.10. The van der Waals surface area contributed by atoms with Crippen molar-refractivity contribution in [3.05, 3.63) is 94.0 Å². The molecule has 0 saturated heterocycles. The van der Waals surface area contributed by atoms with E-state index in [4.69, 9.17) is 0 Å². The zero-order chi connectivity index (χ0) is 30.3. The summed E-state index contributed by atoms with van der Waals surface area (Å²) in [6.07, 6.45) is 5.59. The lowest BCUT2D eigenvalue weighted by molar-refractivity contribution is -0.140. The second-order valence-corrected chi connectivity index (χ2v) is 13.9. The highest BCUT2D eigenvalue weighted by Crippen LogP contribution is 2.27. The molecule has 9 heteroatoms. The first-order valence-corrected chi connectivity index (χ1v) is 16.8. The third-order valence-electron chi connectivity index (χ3n) is 7.81. The molecule has 7 nitrogen and oxygen atoms in total. The second-order valence-electron chi connectivity index (χ2n) is 11.1. The number of nitrogens with zero attached hydrogens (tertiary/aromatic N) is 2. The number of halogens is 1. The number of sulfonamides is 1. The number of hydrogen-bond donors (Lipinski definition) is 1. The second kappa shape index (κ2) is 14.3. The van der Waals surface area contributed by atoms with E-state index in [0.29, 0.717) is 12.1 Å². The van der Waals surface area contributed by atoms with Crippen LogP contribution in [-0.4, -0.2) is 43.8 Å². The van der Waals surface area contributed by atoms with Crippen LogP contribution >= 0.6 is 15.9 Å². The number of nitrogens with one attached hydrogen (secondary N) is 1. The number of anilines is 1. The maximum atomic E-state index is 14.2. The maximum Gasteiger partial charge on any atom is 0.264 e. The summed E-state index contributed by atoms with van der Waals surface area (Å²) in [6.45, 7) is 5.51. The average Bonchev–Trinajstić information content (AvgIpc) is 2.98.